The first-order valence-electron chi connectivity index (χ1n) is 6.11. The molecule has 1 aromatic carbocycles. The molecule has 0 aliphatic heterocycles. The van der Waals surface area contributed by atoms with Crippen molar-refractivity contribution in [2.45, 2.75) is 20.0 Å². The normalized spacial score (nSPS) is 10.4. The Labute approximate surface area is 129 Å². The molecule has 0 atom stereocenters. The topological polar surface area (TPSA) is 97.1 Å². The molecule has 1 aromatic heterocycles. The first-order valence-corrected chi connectivity index (χ1v) is 6.90. The fourth-order valence-corrected chi connectivity index (χ4v) is 2.10. The van der Waals surface area contributed by atoms with Crippen molar-refractivity contribution >= 4 is 27.8 Å². The summed E-state index contributed by atoms with van der Waals surface area (Å²) in [6, 6.07) is 5.46. The summed E-state index contributed by atoms with van der Waals surface area (Å²) < 4.78 is 2.03. The fourth-order valence-electron chi connectivity index (χ4n) is 1.74. The number of carboxylic acid groups (broad SMARTS) is 1. The van der Waals surface area contributed by atoms with Crippen molar-refractivity contribution < 1.29 is 14.7 Å². The highest BCUT2D eigenvalue weighted by atomic mass is 79.9. The number of carbonyl (C=O) groups excluding carboxylic acids is 1. The van der Waals surface area contributed by atoms with Crippen LogP contribution in [0.1, 0.15) is 21.6 Å². The summed E-state index contributed by atoms with van der Waals surface area (Å²) in [7, 11) is 0. The number of aryl methyl sites for hydroxylation is 1. The molecule has 8 heteroatoms. The monoisotopic (exact) mass is 352 g/mol. The lowest BCUT2D eigenvalue weighted by Crippen LogP contribution is -2.23. The van der Waals surface area contributed by atoms with Crippen molar-refractivity contribution in [1.29, 1.82) is 0 Å². The molecule has 0 spiro atoms. The lowest BCUT2D eigenvalue weighted by molar-refractivity contribution is -0.137. The second-order valence-electron chi connectivity index (χ2n) is 4.44. The van der Waals surface area contributed by atoms with Gasteiger partial charge in [0.25, 0.3) is 5.91 Å². The highest BCUT2D eigenvalue weighted by Crippen LogP contribution is 2.16. The van der Waals surface area contributed by atoms with E-state index in [1.54, 1.807) is 6.07 Å². The number of hydrogen-bond donors (Lipinski definition) is 2. The van der Waals surface area contributed by atoms with Gasteiger partial charge in [0.15, 0.2) is 0 Å². The van der Waals surface area contributed by atoms with Crippen LogP contribution < -0.4 is 5.32 Å². The Hall–Kier alpha value is -2.22. The largest absolute Gasteiger partial charge is 0.480 e. The summed E-state index contributed by atoms with van der Waals surface area (Å²) in [4.78, 5) is 22.6. The van der Waals surface area contributed by atoms with Crippen molar-refractivity contribution in [2.75, 3.05) is 0 Å². The summed E-state index contributed by atoms with van der Waals surface area (Å²) in [5.41, 5.74) is 1.93. The third-order valence-electron chi connectivity index (χ3n) is 2.76. The Morgan fingerprint density at radius 2 is 2.19 bits per heavy atom. The Bertz CT molecular complexity index is 684. The highest BCUT2D eigenvalue weighted by Gasteiger charge is 2.10. The number of aromatic nitrogens is 3. The summed E-state index contributed by atoms with van der Waals surface area (Å²) >= 11 is 3.33. The average Bonchev–Trinajstić information content (AvgIpc) is 2.85. The third-order valence-corrected chi connectivity index (χ3v) is 3.25. The molecule has 0 fully saturated rings. The fraction of sp³-hybridized carbons (Fsp3) is 0.231. The maximum Gasteiger partial charge on any atom is 0.325 e. The molecule has 7 nitrogen and oxygen atoms in total. The van der Waals surface area contributed by atoms with Gasteiger partial charge >= 0.3 is 5.97 Å². The molecule has 0 saturated heterocycles. The van der Waals surface area contributed by atoms with Crippen LogP contribution in [0.3, 0.4) is 0 Å². The second-order valence-corrected chi connectivity index (χ2v) is 5.36. The standard InChI is InChI=1S/C13H13BrN4O3/c1-8-2-3-9(14)4-11(8)13(21)15-5-10-6-18(17-16-10)7-12(19)20/h2-4,6H,5,7H2,1H3,(H,15,21)(H,19,20). The van der Waals surface area contributed by atoms with Crippen LogP contribution in [-0.4, -0.2) is 32.0 Å². The van der Waals surface area contributed by atoms with Gasteiger partial charge in [-0.1, -0.05) is 27.2 Å². The van der Waals surface area contributed by atoms with E-state index in [-0.39, 0.29) is 19.0 Å². The van der Waals surface area contributed by atoms with Gasteiger partial charge < -0.3 is 10.4 Å². The Balaban J connectivity index is 1.99. The highest BCUT2D eigenvalue weighted by molar-refractivity contribution is 9.10. The van der Waals surface area contributed by atoms with Gasteiger partial charge in [-0.15, -0.1) is 5.10 Å². The van der Waals surface area contributed by atoms with E-state index in [0.29, 0.717) is 11.3 Å². The van der Waals surface area contributed by atoms with Gasteiger partial charge in [-0.2, -0.15) is 0 Å². The Kier molecular flexibility index (Phi) is 4.69. The van der Waals surface area contributed by atoms with Gasteiger partial charge in [-0.25, -0.2) is 4.68 Å². The van der Waals surface area contributed by atoms with Crippen molar-refractivity contribution in [3.8, 4) is 0 Å². The van der Waals surface area contributed by atoms with Gasteiger partial charge in [-0.05, 0) is 24.6 Å². The number of benzene rings is 1. The summed E-state index contributed by atoms with van der Waals surface area (Å²) in [6.45, 7) is 1.78. The van der Waals surface area contributed by atoms with Crippen molar-refractivity contribution in [1.82, 2.24) is 20.3 Å². The van der Waals surface area contributed by atoms with E-state index in [0.717, 1.165) is 10.0 Å². The molecule has 0 aliphatic rings. The van der Waals surface area contributed by atoms with Gasteiger partial charge in [-0.3, -0.25) is 9.59 Å². The number of hydrogen-bond acceptors (Lipinski definition) is 4. The van der Waals surface area contributed by atoms with E-state index >= 15 is 0 Å². The second kappa shape index (κ2) is 6.49. The van der Waals surface area contributed by atoms with Crippen LogP contribution >= 0.6 is 15.9 Å². The van der Waals surface area contributed by atoms with E-state index in [1.165, 1.54) is 10.9 Å². The zero-order valence-corrected chi connectivity index (χ0v) is 12.8. The number of nitrogens with one attached hydrogen (secondary N) is 1. The van der Waals surface area contributed by atoms with Gasteiger partial charge in [0.05, 0.1) is 12.7 Å². The zero-order chi connectivity index (χ0) is 15.4. The molecule has 2 aromatic rings. The lowest BCUT2D eigenvalue weighted by atomic mass is 10.1. The number of halogens is 1. The van der Waals surface area contributed by atoms with Crippen LogP contribution in [0.15, 0.2) is 28.9 Å². The molecule has 0 radical (unpaired) electrons. The van der Waals surface area contributed by atoms with Gasteiger partial charge in [0, 0.05) is 10.0 Å². The smallest absolute Gasteiger partial charge is 0.325 e. The van der Waals surface area contributed by atoms with Crippen LogP contribution in [0, 0.1) is 6.92 Å². The molecule has 110 valence electrons. The maximum atomic E-state index is 12.1. The van der Waals surface area contributed by atoms with E-state index in [1.807, 2.05) is 19.1 Å². The Morgan fingerprint density at radius 3 is 2.90 bits per heavy atom. The summed E-state index contributed by atoms with van der Waals surface area (Å²) in [5, 5.41) is 18.8. The third kappa shape index (κ3) is 4.12. The molecule has 21 heavy (non-hydrogen) atoms. The van der Waals surface area contributed by atoms with E-state index in [9.17, 15) is 9.59 Å². The number of carbonyl (C=O) groups is 2. The van der Waals surface area contributed by atoms with Crippen molar-refractivity contribution in [3.63, 3.8) is 0 Å². The number of amides is 1. The van der Waals surface area contributed by atoms with Crippen molar-refractivity contribution in [2.24, 2.45) is 0 Å². The van der Waals surface area contributed by atoms with Crippen LogP contribution in [0.25, 0.3) is 0 Å². The predicted molar refractivity (Wildman–Crippen MR) is 77.7 cm³/mol. The minimum absolute atomic E-state index is 0.185. The van der Waals surface area contributed by atoms with E-state index < -0.39 is 5.97 Å². The maximum absolute atomic E-state index is 12.1. The first kappa shape index (κ1) is 15.2. The van der Waals surface area contributed by atoms with Gasteiger partial charge in [0.2, 0.25) is 0 Å². The molecular formula is C13H13BrN4O3. The number of aliphatic carboxylic acids is 1. The van der Waals surface area contributed by atoms with Crippen LogP contribution in [0.2, 0.25) is 0 Å². The molecule has 2 rings (SSSR count). The summed E-state index contributed by atoms with van der Waals surface area (Å²) in [5.74, 6) is -1.22. The molecule has 1 heterocycles. The SMILES string of the molecule is Cc1ccc(Br)cc1C(=O)NCc1cn(CC(=O)O)nn1. The molecule has 0 saturated carbocycles. The van der Waals surface area contributed by atoms with Crippen LogP contribution in [-0.2, 0) is 17.9 Å². The summed E-state index contributed by atoms with van der Waals surface area (Å²) in [6.07, 6.45) is 1.49. The van der Waals surface area contributed by atoms with Crippen LogP contribution in [0.4, 0.5) is 0 Å². The van der Waals surface area contributed by atoms with E-state index in [2.05, 4.69) is 31.6 Å². The molecule has 0 bridgehead atoms. The van der Waals surface area contributed by atoms with Crippen LogP contribution in [0.5, 0.6) is 0 Å². The van der Waals surface area contributed by atoms with Gasteiger partial charge in [0.1, 0.15) is 12.2 Å². The van der Waals surface area contributed by atoms with E-state index in [4.69, 9.17) is 5.11 Å². The average molecular weight is 353 g/mol. The minimum Gasteiger partial charge on any atom is -0.480 e. The van der Waals surface area contributed by atoms with Crippen molar-refractivity contribution in [3.05, 3.63) is 45.7 Å². The minimum atomic E-state index is -1.000. The quantitative estimate of drug-likeness (QED) is 0.846. The molecule has 0 unspecified atom stereocenters. The molecule has 0 aliphatic carbocycles. The number of carboxylic acids is 1. The zero-order valence-electron chi connectivity index (χ0n) is 11.2. The molecule has 1 amide bonds. The Morgan fingerprint density at radius 1 is 1.43 bits per heavy atom. The number of nitrogens with zero attached hydrogens (tertiary/aromatic N) is 3. The first-order chi connectivity index (χ1) is 9.95. The molecule has 2 N–H and O–H groups in total. The predicted octanol–water partition coefficient (Wildman–Crippen LogP) is 1.36. The number of rotatable bonds is 5. The lowest BCUT2D eigenvalue weighted by Gasteiger charge is -2.06. The molecular weight excluding hydrogens is 340 g/mol.